The molecule has 18 atom stereocenters. The number of methoxy groups -OCH3 is 1. The Morgan fingerprint density at radius 1 is 0.547 bits per heavy atom. The van der Waals surface area contributed by atoms with Gasteiger partial charge in [-0.15, -0.1) is 0 Å². The van der Waals surface area contributed by atoms with Crippen LogP contribution in [0.5, 0.6) is 0 Å². The van der Waals surface area contributed by atoms with E-state index >= 15 is 0 Å². The molecule has 0 aliphatic carbocycles. The normalized spacial score (nSPS) is 39.4. The van der Waals surface area contributed by atoms with Gasteiger partial charge >= 0.3 is 0 Å². The summed E-state index contributed by atoms with van der Waals surface area (Å²) >= 11 is 0. The molecule has 0 spiro atoms. The van der Waals surface area contributed by atoms with Crippen molar-refractivity contribution >= 4 is 17.7 Å². The van der Waals surface area contributed by atoms with Crippen LogP contribution in [0.1, 0.15) is 40.0 Å². The summed E-state index contributed by atoms with van der Waals surface area (Å²) in [6.07, 6.45) is -24.2. The van der Waals surface area contributed by atoms with E-state index in [0.717, 1.165) is 0 Å². The average molecular weight is 774 g/mol. The van der Waals surface area contributed by atoms with Crippen LogP contribution in [-0.4, -0.2) is 206 Å². The lowest BCUT2D eigenvalue weighted by Gasteiger charge is -2.49. The molecular formula is C31H55N3O19. The highest BCUT2D eigenvalue weighted by atomic mass is 16.8. The van der Waals surface area contributed by atoms with Gasteiger partial charge in [-0.3, -0.25) is 14.4 Å². The van der Waals surface area contributed by atoms with E-state index in [2.05, 4.69) is 16.0 Å². The maximum absolute atomic E-state index is 12.7. The molecule has 0 saturated carbocycles. The van der Waals surface area contributed by atoms with Gasteiger partial charge in [0.1, 0.15) is 54.9 Å². The predicted molar refractivity (Wildman–Crippen MR) is 173 cm³/mol. The number of carbonyl (C=O) groups excluding carboxylic acids is 3. The molecule has 0 aromatic heterocycles. The average Bonchev–Trinajstić information content (AvgIpc) is 3.11. The van der Waals surface area contributed by atoms with E-state index in [9.17, 15) is 50.1 Å². The van der Waals surface area contributed by atoms with Crippen molar-refractivity contribution in [3.05, 3.63) is 0 Å². The minimum Gasteiger partial charge on any atom is -0.396 e. The summed E-state index contributed by atoms with van der Waals surface area (Å²) in [5, 5.41) is 110. The minimum absolute atomic E-state index is 0.287. The third kappa shape index (κ3) is 11.2. The van der Waals surface area contributed by atoms with E-state index in [1.807, 2.05) is 0 Å². The highest BCUT2D eigenvalue weighted by Gasteiger charge is 2.54. The van der Waals surface area contributed by atoms with Gasteiger partial charge in [0.2, 0.25) is 17.7 Å². The molecule has 22 heteroatoms. The molecule has 3 amide bonds. The van der Waals surface area contributed by atoms with Crippen LogP contribution in [0, 0.1) is 0 Å². The summed E-state index contributed by atoms with van der Waals surface area (Å²) in [6.45, 7) is 2.80. The van der Waals surface area contributed by atoms with Crippen LogP contribution in [-0.2, 0) is 42.8 Å². The van der Waals surface area contributed by atoms with Gasteiger partial charge in [-0.1, -0.05) is 0 Å². The number of ether oxygens (including phenoxy) is 6. The monoisotopic (exact) mass is 773 g/mol. The Hall–Kier alpha value is -2.23. The van der Waals surface area contributed by atoms with E-state index < -0.39 is 148 Å². The van der Waals surface area contributed by atoms with Crippen LogP contribution in [0.15, 0.2) is 0 Å². The van der Waals surface area contributed by atoms with E-state index in [1.165, 1.54) is 27.9 Å². The van der Waals surface area contributed by atoms with Gasteiger partial charge in [-0.05, 0) is 20.8 Å². The Morgan fingerprint density at radius 2 is 0.868 bits per heavy atom. The summed E-state index contributed by atoms with van der Waals surface area (Å²) in [6, 6.07) is -3.85. The van der Waals surface area contributed by atoms with Crippen LogP contribution in [0.4, 0.5) is 0 Å². The minimum atomic E-state index is -1.93. The Kier molecular flexibility index (Phi) is 17.6. The van der Waals surface area contributed by atoms with Crippen LogP contribution < -0.4 is 16.0 Å². The number of nitrogens with one attached hydrogen (secondary N) is 3. The fourth-order valence-corrected chi connectivity index (χ4v) is 6.22. The van der Waals surface area contributed by atoms with Gasteiger partial charge in [0.05, 0.1) is 36.4 Å². The zero-order valence-electron chi connectivity index (χ0n) is 29.8. The Morgan fingerprint density at radius 3 is 1.25 bits per heavy atom. The van der Waals surface area contributed by atoms with Crippen LogP contribution >= 0.6 is 0 Å². The zero-order valence-corrected chi connectivity index (χ0v) is 29.8. The lowest BCUT2D eigenvalue weighted by molar-refractivity contribution is -0.373. The SMILES string of the molecule is CO[C@H]1O[C@H](C)[C@@H](NC(=O)C(O)CCO)[C@H](O)[C@@H]1O[C@H]1O[C@H](C)[C@@H](NC(=O)C(O)CCO)[C@H](O)[C@@H]1O[C@H]1O[C@H](C)[C@@H](NC(=O)C(O)CCO)[C@H](O)[C@@H]1O. The number of carbonyl (C=O) groups is 3. The molecule has 13 N–H and O–H groups in total. The fraction of sp³-hybridized carbons (Fsp3) is 0.903. The number of aliphatic hydroxyl groups excluding tert-OH is 10. The van der Waals surface area contributed by atoms with Gasteiger partial charge in [0.15, 0.2) is 18.9 Å². The highest BCUT2D eigenvalue weighted by molar-refractivity contribution is 5.81. The summed E-state index contributed by atoms with van der Waals surface area (Å²) in [4.78, 5) is 37.7. The van der Waals surface area contributed by atoms with Gasteiger partial charge < -0.3 is 95.4 Å². The van der Waals surface area contributed by atoms with Crippen molar-refractivity contribution in [1.29, 1.82) is 0 Å². The van der Waals surface area contributed by atoms with Crippen molar-refractivity contribution in [2.24, 2.45) is 0 Å². The standard InChI is InChI=1S/C31H55N3O19/c1-11-17(32-26(45)14(38)5-8-35)20(41)23(44)29(49-11)52-25-22(43)19(34-28(47)16(40)7-10-37)13(3)51-31(25)53-24-21(42)18(12(2)50-30(24)48-4)33-27(46)15(39)6-9-36/h11-25,29-31,35-44H,5-10H2,1-4H3,(H,32,45)(H,33,46)(H,34,47)/t11-,12-,13-,14?,15?,16?,17-,18-,19-,20+,21+,22+,23+,24+,25+,29-,30+,31-/m1/s1. The molecule has 3 heterocycles. The Balaban J connectivity index is 1.91. The first kappa shape index (κ1) is 45.2. The van der Waals surface area contributed by atoms with Crippen molar-refractivity contribution < 1.29 is 93.9 Å². The Labute approximate surface area is 304 Å². The molecule has 3 rings (SSSR count). The lowest BCUT2D eigenvalue weighted by Crippen LogP contribution is -2.70. The summed E-state index contributed by atoms with van der Waals surface area (Å²) in [7, 11) is 1.23. The molecule has 0 aromatic rings. The van der Waals surface area contributed by atoms with Crippen molar-refractivity contribution in [3.63, 3.8) is 0 Å². The third-order valence-corrected chi connectivity index (χ3v) is 9.36. The van der Waals surface area contributed by atoms with Crippen molar-refractivity contribution in [2.45, 2.75) is 150 Å². The molecule has 0 bridgehead atoms. The molecule has 0 radical (unpaired) electrons. The number of rotatable bonds is 17. The second-order valence-electron chi connectivity index (χ2n) is 13.2. The van der Waals surface area contributed by atoms with Gasteiger partial charge in [0, 0.05) is 46.2 Å². The molecule has 3 aliphatic rings. The Bertz CT molecular complexity index is 1170. The first-order valence-electron chi connectivity index (χ1n) is 17.3. The second-order valence-corrected chi connectivity index (χ2v) is 13.2. The molecule has 3 unspecified atom stereocenters. The van der Waals surface area contributed by atoms with Crippen molar-refractivity contribution in [1.82, 2.24) is 16.0 Å². The zero-order chi connectivity index (χ0) is 39.7. The van der Waals surface area contributed by atoms with Crippen molar-refractivity contribution in [2.75, 3.05) is 26.9 Å². The predicted octanol–water partition coefficient (Wildman–Crippen LogP) is -7.23. The molecule has 22 nitrogen and oxygen atoms in total. The van der Waals surface area contributed by atoms with Gasteiger partial charge in [0.25, 0.3) is 0 Å². The molecule has 3 saturated heterocycles. The number of aliphatic hydroxyl groups is 10. The van der Waals surface area contributed by atoms with Gasteiger partial charge in [-0.2, -0.15) is 0 Å². The first-order chi connectivity index (χ1) is 25.0. The topological polar surface area (TPSA) is 345 Å². The maximum Gasteiger partial charge on any atom is 0.249 e. The molecule has 53 heavy (non-hydrogen) atoms. The van der Waals surface area contributed by atoms with E-state index in [-0.39, 0.29) is 19.3 Å². The van der Waals surface area contributed by atoms with E-state index in [1.54, 1.807) is 0 Å². The maximum atomic E-state index is 12.7. The molecule has 308 valence electrons. The molecule has 3 aliphatic heterocycles. The molecule has 3 fully saturated rings. The number of hydrogen-bond acceptors (Lipinski definition) is 19. The third-order valence-electron chi connectivity index (χ3n) is 9.36. The highest BCUT2D eigenvalue weighted by Crippen LogP contribution is 2.33. The van der Waals surface area contributed by atoms with Crippen LogP contribution in [0.3, 0.4) is 0 Å². The molecular weight excluding hydrogens is 718 g/mol. The van der Waals surface area contributed by atoms with Crippen LogP contribution in [0.2, 0.25) is 0 Å². The quantitative estimate of drug-likeness (QED) is 0.0653. The van der Waals surface area contributed by atoms with E-state index in [4.69, 9.17) is 43.7 Å². The summed E-state index contributed by atoms with van der Waals surface area (Å²) in [5.74, 6) is -2.87. The first-order valence-corrected chi connectivity index (χ1v) is 17.3. The van der Waals surface area contributed by atoms with Gasteiger partial charge in [-0.25, -0.2) is 0 Å². The lowest BCUT2D eigenvalue weighted by atomic mass is 9.94. The molecule has 0 aromatic carbocycles. The van der Waals surface area contributed by atoms with Crippen molar-refractivity contribution in [3.8, 4) is 0 Å². The number of hydrogen-bond donors (Lipinski definition) is 13. The summed E-state index contributed by atoms with van der Waals surface area (Å²) in [5.41, 5.74) is 0. The summed E-state index contributed by atoms with van der Waals surface area (Å²) < 4.78 is 35.0. The van der Waals surface area contributed by atoms with Crippen LogP contribution in [0.25, 0.3) is 0 Å². The fourth-order valence-electron chi connectivity index (χ4n) is 6.22. The number of amides is 3. The largest absolute Gasteiger partial charge is 0.396 e. The smallest absolute Gasteiger partial charge is 0.249 e. The second kappa shape index (κ2) is 20.6. The van der Waals surface area contributed by atoms with E-state index in [0.29, 0.717) is 0 Å².